The van der Waals surface area contributed by atoms with Crippen molar-refractivity contribution in [3.8, 4) is 0 Å². The first-order valence-electron chi connectivity index (χ1n) is 11.2. The van der Waals surface area contributed by atoms with Crippen LogP contribution in [0.15, 0.2) is 57.5 Å². The van der Waals surface area contributed by atoms with Crippen molar-refractivity contribution in [2.45, 2.75) is 51.4 Å². The number of benzene rings is 2. The lowest BCUT2D eigenvalue weighted by atomic mass is 10.1. The number of hydrogen-bond acceptors (Lipinski definition) is 6. The van der Waals surface area contributed by atoms with Crippen molar-refractivity contribution in [2.24, 2.45) is 0 Å². The molecule has 0 unspecified atom stereocenters. The van der Waals surface area contributed by atoms with E-state index in [-0.39, 0.29) is 49.6 Å². The Bertz CT molecular complexity index is 875. The van der Waals surface area contributed by atoms with Crippen LogP contribution in [0.25, 0.3) is 0 Å². The van der Waals surface area contributed by atoms with Crippen LogP contribution < -0.4 is 0 Å². The molecule has 0 N–H and O–H groups in total. The molecule has 0 aromatic heterocycles. The minimum absolute atomic E-state index is 0.225. The summed E-state index contributed by atoms with van der Waals surface area (Å²) >= 11 is 6.62. The molecule has 0 amide bonds. The summed E-state index contributed by atoms with van der Waals surface area (Å²) in [6.07, 6.45) is 5.61. The SMILES string of the molecule is O=C(CCCCCCCCC(=O)OCC(=O)c1ccc(Br)cc1)OCC(=O)c1ccc(Br)cc1. The molecule has 0 atom stereocenters. The van der Waals surface area contributed by atoms with E-state index in [1.807, 2.05) is 0 Å². The van der Waals surface area contributed by atoms with E-state index < -0.39 is 0 Å². The molecule has 2 rings (SSSR count). The summed E-state index contributed by atoms with van der Waals surface area (Å²) < 4.78 is 11.9. The number of rotatable bonds is 15. The zero-order chi connectivity index (χ0) is 24.8. The maximum absolute atomic E-state index is 12.0. The molecule has 182 valence electrons. The van der Waals surface area contributed by atoms with Gasteiger partial charge in [-0.05, 0) is 37.1 Å². The number of carbonyl (C=O) groups is 4. The standard InChI is InChI=1S/C26H28Br2O6/c27-21-13-9-19(10-14-21)23(29)17-33-25(31)7-5-3-1-2-4-6-8-26(32)34-18-24(30)20-11-15-22(28)16-12-20/h9-16H,1-8,17-18H2. The summed E-state index contributed by atoms with van der Waals surface area (Å²) in [6, 6.07) is 13.8. The van der Waals surface area contributed by atoms with Gasteiger partial charge in [-0.3, -0.25) is 19.2 Å². The van der Waals surface area contributed by atoms with Crippen molar-refractivity contribution in [3.63, 3.8) is 0 Å². The number of hydrogen-bond donors (Lipinski definition) is 0. The average molecular weight is 596 g/mol. The third-order valence-electron chi connectivity index (χ3n) is 5.07. The maximum atomic E-state index is 12.0. The first-order chi connectivity index (χ1) is 16.3. The Balaban J connectivity index is 1.44. The summed E-state index contributed by atoms with van der Waals surface area (Å²) in [5.74, 6) is -1.19. The van der Waals surface area contributed by atoms with Crippen LogP contribution in [0.5, 0.6) is 0 Å². The number of halogens is 2. The van der Waals surface area contributed by atoms with E-state index in [0.29, 0.717) is 24.0 Å². The number of ketones is 2. The fourth-order valence-corrected chi connectivity index (χ4v) is 3.65. The van der Waals surface area contributed by atoms with E-state index in [9.17, 15) is 19.2 Å². The van der Waals surface area contributed by atoms with Crippen molar-refractivity contribution < 1.29 is 28.7 Å². The second kappa shape index (κ2) is 15.6. The van der Waals surface area contributed by atoms with Gasteiger partial charge in [-0.25, -0.2) is 0 Å². The van der Waals surface area contributed by atoms with Crippen molar-refractivity contribution in [2.75, 3.05) is 13.2 Å². The predicted molar refractivity (Wildman–Crippen MR) is 136 cm³/mol. The summed E-state index contributed by atoms with van der Waals surface area (Å²) in [6.45, 7) is -0.490. The molecule has 0 spiro atoms. The summed E-state index contributed by atoms with van der Waals surface area (Å²) in [5, 5.41) is 0. The number of Topliss-reactive ketones (excluding diaryl/α,β-unsaturated/α-hetero) is 2. The molecule has 6 nitrogen and oxygen atoms in total. The Labute approximate surface area is 216 Å². The molecule has 2 aromatic carbocycles. The molecule has 0 aliphatic rings. The summed E-state index contributed by atoms with van der Waals surface area (Å²) in [4.78, 5) is 47.6. The molecule has 0 aliphatic carbocycles. The third-order valence-corrected chi connectivity index (χ3v) is 6.13. The van der Waals surface area contributed by atoms with Gasteiger partial charge in [-0.2, -0.15) is 0 Å². The van der Waals surface area contributed by atoms with Crippen LogP contribution in [-0.4, -0.2) is 36.7 Å². The fraction of sp³-hybridized carbons (Fsp3) is 0.385. The van der Waals surface area contributed by atoms with E-state index in [4.69, 9.17) is 9.47 Å². The van der Waals surface area contributed by atoms with Crippen LogP contribution >= 0.6 is 31.9 Å². The van der Waals surface area contributed by atoms with Crippen molar-refractivity contribution in [1.29, 1.82) is 0 Å². The van der Waals surface area contributed by atoms with Gasteiger partial charge in [-0.15, -0.1) is 0 Å². The van der Waals surface area contributed by atoms with Crippen LogP contribution in [0.2, 0.25) is 0 Å². The largest absolute Gasteiger partial charge is 0.457 e. The Morgan fingerprint density at radius 2 is 0.853 bits per heavy atom. The molecule has 8 heteroatoms. The normalized spacial score (nSPS) is 10.5. The van der Waals surface area contributed by atoms with Crippen LogP contribution in [-0.2, 0) is 19.1 Å². The van der Waals surface area contributed by atoms with E-state index in [0.717, 1.165) is 34.6 Å². The highest BCUT2D eigenvalue weighted by Crippen LogP contribution is 2.13. The average Bonchev–Trinajstić information content (AvgIpc) is 2.83. The van der Waals surface area contributed by atoms with Gasteiger partial charge in [0.15, 0.2) is 24.8 Å². The molecule has 0 saturated carbocycles. The second-order valence-corrected chi connectivity index (χ2v) is 9.63. The minimum Gasteiger partial charge on any atom is -0.457 e. The van der Waals surface area contributed by atoms with E-state index >= 15 is 0 Å². The monoisotopic (exact) mass is 594 g/mol. The van der Waals surface area contributed by atoms with Gasteiger partial charge in [-0.1, -0.05) is 81.8 Å². The number of unbranched alkanes of at least 4 members (excludes halogenated alkanes) is 5. The highest BCUT2D eigenvalue weighted by molar-refractivity contribution is 9.10. The Morgan fingerprint density at radius 1 is 0.529 bits per heavy atom. The highest BCUT2D eigenvalue weighted by Gasteiger charge is 2.11. The molecule has 0 saturated heterocycles. The Morgan fingerprint density at radius 3 is 1.21 bits per heavy atom. The van der Waals surface area contributed by atoms with E-state index in [1.54, 1.807) is 48.5 Å². The van der Waals surface area contributed by atoms with Gasteiger partial charge in [0.2, 0.25) is 0 Å². The van der Waals surface area contributed by atoms with Gasteiger partial charge in [0, 0.05) is 32.9 Å². The van der Waals surface area contributed by atoms with Gasteiger partial charge >= 0.3 is 11.9 Å². The number of carbonyl (C=O) groups excluding carboxylic acids is 4. The zero-order valence-corrected chi connectivity index (χ0v) is 22.1. The lowest BCUT2D eigenvalue weighted by Gasteiger charge is -2.06. The van der Waals surface area contributed by atoms with Crippen molar-refractivity contribution in [1.82, 2.24) is 0 Å². The molecule has 0 radical (unpaired) electrons. The minimum atomic E-state index is -0.370. The van der Waals surface area contributed by atoms with Crippen LogP contribution in [0.4, 0.5) is 0 Å². The number of ether oxygens (including phenoxy) is 2. The molecule has 2 aromatic rings. The lowest BCUT2D eigenvalue weighted by Crippen LogP contribution is -2.14. The molecular formula is C26H28Br2O6. The first kappa shape index (κ1) is 27.9. The van der Waals surface area contributed by atoms with Crippen LogP contribution in [0.3, 0.4) is 0 Å². The lowest BCUT2D eigenvalue weighted by molar-refractivity contribution is -0.143. The highest BCUT2D eigenvalue weighted by atomic mass is 79.9. The molecular weight excluding hydrogens is 568 g/mol. The summed E-state index contributed by atoms with van der Waals surface area (Å²) in [7, 11) is 0. The van der Waals surface area contributed by atoms with Gasteiger partial charge in [0.1, 0.15) is 0 Å². The third kappa shape index (κ3) is 11.2. The molecule has 0 fully saturated rings. The maximum Gasteiger partial charge on any atom is 0.306 e. The van der Waals surface area contributed by atoms with E-state index in [1.165, 1.54) is 0 Å². The topological polar surface area (TPSA) is 86.7 Å². The zero-order valence-electron chi connectivity index (χ0n) is 18.9. The van der Waals surface area contributed by atoms with Gasteiger partial charge in [0.25, 0.3) is 0 Å². The van der Waals surface area contributed by atoms with Crippen LogP contribution in [0.1, 0.15) is 72.1 Å². The first-order valence-corrected chi connectivity index (χ1v) is 12.8. The summed E-state index contributed by atoms with van der Waals surface area (Å²) in [5.41, 5.74) is 1.02. The number of esters is 2. The predicted octanol–water partition coefficient (Wildman–Crippen LogP) is 6.48. The fourth-order valence-electron chi connectivity index (χ4n) is 3.12. The van der Waals surface area contributed by atoms with Gasteiger partial charge in [0.05, 0.1) is 0 Å². The molecule has 34 heavy (non-hydrogen) atoms. The second-order valence-electron chi connectivity index (χ2n) is 7.80. The molecule has 0 bridgehead atoms. The van der Waals surface area contributed by atoms with E-state index in [2.05, 4.69) is 31.9 Å². The van der Waals surface area contributed by atoms with Gasteiger partial charge < -0.3 is 9.47 Å². The Kier molecular flexibility index (Phi) is 12.8. The molecule has 0 aliphatic heterocycles. The Hall–Kier alpha value is -2.32. The van der Waals surface area contributed by atoms with Crippen molar-refractivity contribution >= 4 is 55.4 Å². The molecule has 0 heterocycles. The van der Waals surface area contributed by atoms with Crippen LogP contribution in [0, 0.1) is 0 Å². The van der Waals surface area contributed by atoms with Crippen molar-refractivity contribution in [3.05, 3.63) is 68.6 Å². The smallest absolute Gasteiger partial charge is 0.306 e. The quantitative estimate of drug-likeness (QED) is 0.133.